The van der Waals surface area contributed by atoms with Crippen LogP contribution in [-0.4, -0.2) is 38.3 Å². The van der Waals surface area contributed by atoms with Crippen LogP contribution in [0.2, 0.25) is 0 Å². The third kappa shape index (κ3) is 4.37. The molecule has 1 heterocycles. The summed E-state index contributed by atoms with van der Waals surface area (Å²) in [7, 11) is -3.51. The molecule has 160 valence electrons. The van der Waals surface area contributed by atoms with Crippen molar-refractivity contribution in [3.8, 4) is 5.75 Å². The molecule has 0 bridgehead atoms. The lowest BCUT2D eigenvalue weighted by molar-refractivity contribution is -0.120. The number of ether oxygens (including phenoxy) is 1. The average molecular weight is 429 g/mol. The number of amides is 1. The van der Waals surface area contributed by atoms with Crippen LogP contribution in [0.1, 0.15) is 37.3 Å². The summed E-state index contributed by atoms with van der Waals surface area (Å²) in [5.74, 6) is 0.511. The number of rotatable bonds is 6. The van der Waals surface area contributed by atoms with E-state index in [1.807, 2.05) is 43.3 Å². The Kier molecular flexibility index (Phi) is 6.11. The van der Waals surface area contributed by atoms with Crippen LogP contribution in [0, 0.1) is 5.92 Å². The number of sulfonamides is 1. The summed E-state index contributed by atoms with van der Waals surface area (Å²) in [5.41, 5.74) is 3.14. The van der Waals surface area contributed by atoms with Crippen molar-refractivity contribution in [2.75, 3.05) is 25.0 Å². The van der Waals surface area contributed by atoms with Crippen LogP contribution < -0.4 is 10.1 Å². The number of carbonyl (C=O) groups excluding carboxylic acids is 1. The van der Waals surface area contributed by atoms with Crippen molar-refractivity contribution in [3.63, 3.8) is 0 Å². The number of piperidine rings is 1. The zero-order valence-corrected chi connectivity index (χ0v) is 18.1. The van der Waals surface area contributed by atoms with Gasteiger partial charge in [-0.2, -0.15) is 4.31 Å². The van der Waals surface area contributed by atoms with E-state index < -0.39 is 10.0 Å². The molecule has 2 aliphatic rings. The van der Waals surface area contributed by atoms with Gasteiger partial charge in [0.15, 0.2) is 0 Å². The fourth-order valence-electron chi connectivity index (χ4n) is 4.26. The van der Waals surface area contributed by atoms with Gasteiger partial charge in [0.2, 0.25) is 15.9 Å². The maximum absolute atomic E-state index is 13.1. The number of nitrogens with one attached hydrogen (secondary N) is 1. The van der Waals surface area contributed by atoms with Crippen molar-refractivity contribution in [2.45, 2.75) is 43.9 Å². The molecule has 0 aromatic heterocycles. The quantitative estimate of drug-likeness (QED) is 0.763. The Balaban J connectivity index is 1.35. The summed E-state index contributed by atoms with van der Waals surface area (Å²) >= 11 is 0. The van der Waals surface area contributed by atoms with Gasteiger partial charge in [0.1, 0.15) is 5.75 Å². The first-order chi connectivity index (χ1) is 14.5. The first-order valence-electron chi connectivity index (χ1n) is 10.6. The summed E-state index contributed by atoms with van der Waals surface area (Å²) in [6, 6.07) is 12.8. The van der Waals surface area contributed by atoms with Crippen molar-refractivity contribution in [1.29, 1.82) is 0 Å². The monoisotopic (exact) mass is 428 g/mol. The maximum Gasteiger partial charge on any atom is 0.243 e. The van der Waals surface area contributed by atoms with Crippen molar-refractivity contribution >= 4 is 21.6 Å². The Bertz CT molecular complexity index is 1010. The Morgan fingerprint density at radius 3 is 2.47 bits per heavy atom. The second-order valence-electron chi connectivity index (χ2n) is 7.91. The predicted molar refractivity (Wildman–Crippen MR) is 116 cm³/mol. The van der Waals surface area contributed by atoms with E-state index in [4.69, 9.17) is 4.74 Å². The van der Waals surface area contributed by atoms with Crippen molar-refractivity contribution in [3.05, 3.63) is 53.6 Å². The number of aryl methyl sites for hydroxylation is 2. The van der Waals surface area contributed by atoms with E-state index in [2.05, 4.69) is 5.32 Å². The summed E-state index contributed by atoms with van der Waals surface area (Å²) in [6.07, 6.45) is 4.12. The first kappa shape index (κ1) is 20.9. The van der Waals surface area contributed by atoms with Gasteiger partial charge in [0, 0.05) is 24.7 Å². The second kappa shape index (κ2) is 8.78. The Morgan fingerprint density at radius 2 is 1.77 bits per heavy atom. The Morgan fingerprint density at radius 1 is 1.07 bits per heavy atom. The largest absolute Gasteiger partial charge is 0.494 e. The van der Waals surface area contributed by atoms with Gasteiger partial charge in [-0.3, -0.25) is 4.79 Å². The topological polar surface area (TPSA) is 75.7 Å². The number of fused-ring (bicyclic) bond motifs is 1. The van der Waals surface area contributed by atoms with Crippen molar-refractivity contribution in [2.24, 2.45) is 5.92 Å². The Hall–Kier alpha value is -2.38. The molecule has 7 heteroatoms. The molecule has 0 saturated carbocycles. The van der Waals surface area contributed by atoms with Gasteiger partial charge in [0.05, 0.1) is 11.5 Å². The van der Waals surface area contributed by atoms with Crippen LogP contribution >= 0.6 is 0 Å². The van der Waals surface area contributed by atoms with E-state index in [0.717, 1.165) is 36.3 Å². The standard InChI is InChI=1S/C23H28N2O4S/c1-2-29-21-9-7-20(8-10-21)24-23(26)18-12-14-25(15-13-18)30(27,28)22-11-6-17-4-3-5-19(17)16-22/h6-11,16,18H,2-5,12-15H2,1H3,(H,24,26). The molecule has 1 fully saturated rings. The molecule has 2 aromatic carbocycles. The van der Waals surface area contributed by atoms with Crippen LogP contribution in [0.4, 0.5) is 5.69 Å². The highest BCUT2D eigenvalue weighted by Gasteiger charge is 2.32. The summed E-state index contributed by atoms with van der Waals surface area (Å²) < 4.78 is 33.0. The van der Waals surface area contributed by atoms with Crippen LogP contribution in [0.5, 0.6) is 5.75 Å². The molecule has 0 radical (unpaired) electrons. The zero-order valence-electron chi connectivity index (χ0n) is 17.3. The lowest BCUT2D eigenvalue weighted by Gasteiger charge is -2.30. The number of anilines is 1. The normalized spacial score (nSPS) is 17.5. The minimum Gasteiger partial charge on any atom is -0.494 e. The molecule has 1 amide bonds. The van der Waals surface area contributed by atoms with E-state index in [1.165, 1.54) is 9.87 Å². The number of benzene rings is 2. The second-order valence-corrected chi connectivity index (χ2v) is 9.85. The molecule has 1 aliphatic heterocycles. The van der Waals surface area contributed by atoms with E-state index in [0.29, 0.717) is 37.4 Å². The van der Waals surface area contributed by atoms with Gasteiger partial charge < -0.3 is 10.1 Å². The molecule has 1 aliphatic carbocycles. The van der Waals surface area contributed by atoms with E-state index in [-0.39, 0.29) is 11.8 Å². The van der Waals surface area contributed by atoms with E-state index >= 15 is 0 Å². The molecule has 6 nitrogen and oxygen atoms in total. The fourth-order valence-corrected chi connectivity index (χ4v) is 5.78. The minimum atomic E-state index is -3.51. The molecule has 0 unspecified atom stereocenters. The third-order valence-corrected chi connectivity index (χ3v) is 7.86. The summed E-state index contributed by atoms with van der Waals surface area (Å²) in [4.78, 5) is 13.0. The highest BCUT2D eigenvalue weighted by atomic mass is 32.2. The van der Waals surface area contributed by atoms with Crippen LogP contribution in [0.25, 0.3) is 0 Å². The maximum atomic E-state index is 13.1. The van der Waals surface area contributed by atoms with Gasteiger partial charge in [0.25, 0.3) is 0 Å². The highest BCUT2D eigenvalue weighted by molar-refractivity contribution is 7.89. The Labute approximate surface area is 178 Å². The average Bonchev–Trinajstić information content (AvgIpc) is 3.23. The number of hydrogen-bond donors (Lipinski definition) is 1. The summed E-state index contributed by atoms with van der Waals surface area (Å²) in [5, 5.41) is 2.93. The molecule has 0 spiro atoms. The van der Waals surface area contributed by atoms with Gasteiger partial charge in [-0.05, 0) is 86.6 Å². The van der Waals surface area contributed by atoms with Gasteiger partial charge >= 0.3 is 0 Å². The lowest BCUT2D eigenvalue weighted by Crippen LogP contribution is -2.41. The number of hydrogen-bond acceptors (Lipinski definition) is 4. The SMILES string of the molecule is CCOc1ccc(NC(=O)C2CCN(S(=O)(=O)c3ccc4c(c3)CCC4)CC2)cc1. The van der Waals surface area contributed by atoms with Crippen LogP contribution in [0.15, 0.2) is 47.4 Å². The van der Waals surface area contributed by atoms with Crippen LogP contribution in [-0.2, 0) is 27.7 Å². The fraction of sp³-hybridized carbons (Fsp3) is 0.435. The molecular formula is C23H28N2O4S. The zero-order chi connectivity index (χ0) is 21.1. The molecule has 4 rings (SSSR count). The molecular weight excluding hydrogens is 400 g/mol. The molecule has 0 atom stereocenters. The summed E-state index contributed by atoms with van der Waals surface area (Å²) in [6.45, 7) is 3.24. The molecule has 30 heavy (non-hydrogen) atoms. The van der Waals surface area contributed by atoms with Crippen molar-refractivity contribution in [1.82, 2.24) is 4.31 Å². The van der Waals surface area contributed by atoms with Gasteiger partial charge in [-0.25, -0.2) is 8.42 Å². The van der Waals surface area contributed by atoms with E-state index in [1.54, 1.807) is 6.07 Å². The molecule has 1 saturated heterocycles. The van der Waals surface area contributed by atoms with Crippen LogP contribution in [0.3, 0.4) is 0 Å². The van der Waals surface area contributed by atoms with Gasteiger partial charge in [-0.15, -0.1) is 0 Å². The minimum absolute atomic E-state index is 0.0614. The third-order valence-electron chi connectivity index (χ3n) is 5.97. The molecule has 2 aromatic rings. The highest BCUT2D eigenvalue weighted by Crippen LogP contribution is 2.29. The lowest BCUT2D eigenvalue weighted by atomic mass is 9.97. The van der Waals surface area contributed by atoms with Crippen molar-refractivity contribution < 1.29 is 17.9 Å². The van der Waals surface area contributed by atoms with Gasteiger partial charge in [-0.1, -0.05) is 6.07 Å². The molecule has 1 N–H and O–H groups in total. The smallest absolute Gasteiger partial charge is 0.243 e. The number of carbonyl (C=O) groups is 1. The van der Waals surface area contributed by atoms with E-state index in [9.17, 15) is 13.2 Å². The number of nitrogens with zero attached hydrogens (tertiary/aromatic N) is 1. The first-order valence-corrected chi connectivity index (χ1v) is 12.1. The predicted octanol–water partition coefficient (Wildman–Crippen LogP) is 3.61.